The molecule has 1 aliphatic heterocycles. The number of piperazine rings is 1. The van der Waals surface area contributed by atoms with Crippen LogP contribution in [0.3, 0.4) is 0 Å². The van der Waals surface area contributed by atoms with Gasteiger partial charge in [-0.15, -0.1) is 11.3 Å². The number of anilines is 2. The van der Waals surface area contributed by atoms with Crippen molar-refractivity contribution >= 4 is 33.9 Å². The van der Waals surface area contributed by atoms with Crippen LogP contribution in [0.2, 0.25) is 5.28 Å². The van der Waals surface area contributed by atoms with E-state index in [1.54, 1.807) is 17.5 Å². The van der Waals surface area contributed by atoms with Crippen molar-refractivity contribution in [1.82, 2.24) is 15.0 Å². The van der Waals surface area contributed by atoms with Crippen molar-refractivity contribution in [1.29, 1.82) is 0 Å². The summed E-state index contributed by atoms with van der Waals surface area (Å²) in [6.45, 7) is 2.94. The van der Waals surface area contributed by atoms with Crippen molar-refractivity contribution < 1.29 is 4.39 Å². The first-order valence-electron chi connectivity index (χ1n) is 5.81. The van der Waals surface area contributed by atoms with Gasteiger partial charge >= 0.3 is 0 Å². The second-order valence-electron chi connectivity index (χ2n) is 4.10. The molecule has 3 heterocycles. The Morgan fingerprint density at radius 3 is 2.58 bits per heavy atom. The van der Waals surface area contributed by atoms with Crippen molar-refractivity contribution in [3.63, 3.8) is 0 Å². The van der Waals surface area contributed by atoms with Crippen LogP contribution in [0.25, 0.3) is 0 Å². The molecule has 0 amide bonds. The monoisotopic (exact) mass is 299 g/mol. The minimum absolute atomic E-state index is 0.0683. The Balaban J connectivity index is 1.71. The second kappa shape index (κ2) is 5.26. The summed E-state index contributed by atoms with van der Waals surface area (Å²) in [7, 11) is 0. The third-order valence-electron chi connectivity index (χ3n) is 2.97. The van der Waals surface area contributed by atoms with Gasteiger partial charge in [-0.25, -0.2) is 14.4 Å². The van der Waals surface area contributed by atoms with Gasteiger partial charge in [-0.05, 0) is 11.6 Å². The second-order valence-corrected chi connectivity index (χ2v) is 5.31. The molecule has 0 spiro atoms. The first-order chi connectivity index (χ1) is 9.24. The molecule has 8 heteroatoms. The Morgan fingerprint density at radius 1 is 1.16 bits per heavy atom. The molecule has 1 fully saturated rings. The zero-order valence-corrected chi connectivity index (χ0v) is 11.5. The fourth-order valence-electron chi connectivity index (χ4n) is 2.04. The smallest absolute Gasteiger partial charge is 0.224 e. The highest BCUT2D eigenvalue weighted by molar-refractivity contribution is 7.13. The Hall–Kier alpha value is -1.47. The Bertz CT molecular complexity index is 556. The van der Waals surface area contributed by atoms with Crippen LogP contribution in [0.4, 0.5) is 15.3 Å². The van der Waals surface area contributed by atoms with Gasteiger partial charge in [-0.2, -0.15) is 4.98 Å². The first-order valence-corrected chi connectivity index (χ1v) is 7.07. The number of hydrogen-bond donors (Lipinski definition) is 0. The number of nitrogens with zero attached hydrogens (tertiary/aromatic N) is 5. The van der Waals surface area contributed by atoms with E-state index in [2.05, 4.69) is 19.9 Å². The molecule has 0 aromatic carbocycles. The zero-order chi connectivity index (χ0) is 13.2. The fourth-order valence-corrected chi connectivity index (χ4v) is 2.87. The SMILES string of the molecule is Fc1cnc(Cl)nc1N1CCN(c2nccs2)CC1. The van der Waals surface area contributed by atoms with Crippen LogP contribution >= 0.6 is 22.9 Å². The lowest BCUT2D eigenvalue weighted by molar-refractivity contribution is 0.582. The van der Waals surface area contributed by atoms with Crippen LogP contribution < -0.4 is 9.80 Å². The average molecular weight is 300 g/mol. The number of rotatable bonds is 2. The highest BCUT2D eigenvalue weighted by Gasteiger charge is 2.22. The standard InChI is InChI=1S/C11H11ClFN5S/c12-10-15-7-8(13)9(16-10)17-2-4-18(5-3-17)11-14-1-6-19-11/h1,6-7H,2-5H2. The normalized spacial score (nSPS) is 15.9. The van der Waals surface area contributed by atoms with E-state index in [1.165, 1.54) is 0 Å². The van der Waals surface area contributed by atoms with Crippen LogP contribution in [-0.2, 0) is 0 Å². The molecule has 19 heavy (non-hydrogen) atoms. The molecule has 100 valence electrons. The fraction of sp³-hybridized carbons (Fsp3) is 0.364. The predicted octanol–water partition coefficient (Wildman–Crippen LogP) is 2.05. The van der Waals surface area contributed by atoms with Gasteiger partial charge in [0.05, 0.1) is 6.20 Å². The zero-order valence-electron chi connectivity index (χ0n) is 9.96. The van der Waals surface area contributed by atoms with Crippen molar-refractivity contribution in [2.45, 2.75) is 0 Å². The van der Waals surface area contributed by atoms with E-state index >= 15 is 0 Å². The Kier molecular flexibility index (Phi) is 3.48. The molecule has 0 N–H and O–H groups in total. The third-order valence-corrected chi connectivity index (χ3v) is 3.98. The van der Waals surface area contributed by atoms with E-state index in [0.29, 0.717) is 13.1 Å². The molecule has 1 saturated heterocycles. The molecule has 0 saturated carbocycles. The molecule has 0 radical (unpaired) electrons. The molecular weight excluding hydrogens is 289 g/mol. The molecule has 3 rings (SSSR count). The van der Waals surface area contributed by atoms with Crippen LogP contribution in [0.15, 0.2) is 17.8 Å². The highest BCUT2D eigenvalue weighted by Crippen LogP contribution is 2.23. The summed E-state index contributed by atoms with van der Waals surface area (Å²) in [5, 5.41) is 3.02. The molecule has 2 aromatic heterocycles. The summed E-state index contributed by atoms with van der Waals surface area (Å²) in [6, 6.07) is 0. The van der Waals surface area contributed by atoms with E-state index in [4.69, 9.17) is 11.6 Å². The van der Waals surface area contributed by atoms with Crippen molar-refractivity contribution in [2.75, 3.05) is 36.0 Å². The van der Waals surface area contributed by atoms with Crippen molar-refractivity contribution in [3.05, 3.63) is 28.9 Å². The molecule has 0 atom stereocenters. The summed E-state index contributed by atoms with van der Waals surface area (Å²) < 4.78 is 13.7. The predicted molar refractivity (Wildman–Crippen MR) is 73.5 cm³/mol. The Morgan fingerprint density at radius 2 is 1.89 bits per heavy atom. The number of aromatic nitrogens is 3. The van der Waals surface area contributed by atoms with E-state index in [0.717, 1.165) is 24.4 Å². The van der Waals surface area contributed by atoms with Crippen LogP contribution in [0.5, 0.6) is 0 Å². The molecule has 2 aromatic rings. The van der Waals surface area contributed by atoms with Crippen LogP contribution in [-0.4, -0.2) is 41.1 Å². The molecule has 0 unspecified atom stereocenters. The van der Waals surface area contributed by atoms with Crippen LogP contribution in [0, 0.1) is 5.82 Å². The lowest BCUT2D eigenvalue weighted by Gasteiger charge is -2.35. The minimum atomic E-state index is -0.438. The van der Waals surface area contributed by atoms with Gasteiger partial charge in [-0.1, -0.05) is 0 Å². The quantitative estimate of drug-likeness (QED) is 0.794. The van der Waals surface area contributed by atoms with Gasteiger partial charge in [0, 0.05) is 37.8 Å². The van der Waals surface area contributed by atoms with Crippen molar-refractivity contribution in [3.8, 4) is 0 Å². The van der Waals surface area contributed by atoms with Crippen molar-refractivity contribution in [2.24, 2.45) is 0 Å². The maximum absolute atomic E-state index is 13.7. The van der Waals surface area contributed by atoms with Gasteiger partial charge in [0.15, 0.2) is 16.8 Å². The summed E-state index contributed by atoms with van der Waals surface area (Å²) in [5.41, 5.74) is 0. The van der Waals surface area contributed by atoms with E-state index in [-0.39, 0.29) is 11.1 Å². The molecule has 5 nitrogen and oxygen atoms in total. The van der Waals surface area contributed by atoms with Gasteiger partial charge in [0.1, 0.15) is 0 Å². The van der Waals surface area contributed by atoms with Gasteiger partial charge < -0.3 is 9.80 Å². The molecule has 1 aliphatic rings. The molecule has 0 bridgehead atoms. The number of halogens is 2. The van der Waals surface area contributed by atoms with Gasteiger partial charge in [-0.3, -0.25) is 0 Å². The summed E-state index contributed by atoms with van der Waals surface area (Å²) in [4.78, 5) is 15.9. The lowest BCUT2D eigenvalue weighted by Crippen LogP contribution is -2.47. The average Bonchev–Trinajstić information content (AvgIpc) is 2.96. The molecule has 0 aliphatic carbocycles. The maximum atomic E-state index is 13.7. The van der Waals surface area contributed by atoms with E-state index in [9.17, 15) is 4.39 Å². The first kappa shape index (κ1) is 12.6. The molecular formula is C11H11ClFN5S. The largest absolute Gasteiger partial charge is 0.350 e. The summed E-state index contributed by atoms with van der Waals surface area (Å²) in [5.74, 6) is -0.161. The van der Waals surface area contributed by atoms with Gasteiger partial charge in [0.2, 0.25) is 5.28 Å². The topological polar surface area (TPSA) is 45.2 Å². The number of hydrogen-bond acceptors (Lipinski definition) is 6. The third kappa shape index (κ3) is 2.62. The minimum Gasteiger partial charge on any atom is -0.350 e. The highest BCUT2D eigenvalue weighted by atomic mass is 35.5. The van der Waals surface area contributed by atoms with E-state index in [1.807, 2.05) is 10.3 Å². The van der Waals surface area contributed by atoms with Gasteiger partial charge in [0.25, 0.3) is 0 Å². The Labute approximate surface area is 118 Å². The van der Waals surface area contributed by atoms with E-state index < -0.39 is 5.82 Å². The maximum Gasteiger partial charge on any atom is 0.224 e. The lowest BCUT2D eigenvalue weighted by atomic mass is 10.3. The van der Waals surface area contributed by atoms with Crippen LogP contribution in [0.1, 0.15) is 0 Å². The summed E-state index contributed by atoms with van der Waals surface area (Å²) >= 11 is 7.32. The summed E-state index contributed by atoms with van der Waals surface area (Å²) in [6.07, 6.45) is 2.90. The number of thiazole rings is 1.